The Morgan fingerprint density at radius 2 is 2.20 bits per heavy atom. The molecule has 0 radical (unpaired) electrons. The Hall–Kier alpha value is -2.74. The number of pyridine rings is 1. The molecule has 2 heterocycles. The third-order valence-corrected chi connectivity index (χ3v) is 2.49. The van der Waals surface area contributed by atoms with Gasteiger partial charge in [-0.2, -0.15) is 4.98 Å². The fourth-order valence-electron chi connectivity index (χ4n) is 1.58. The summed E-state index contributed by atoms with van der Waals surface area (Å²) in [5.74, 6) is 5.47. The number of nitrogen functional groups attached to an aromatic ring is 1. The molecule has 0 aliphatic heterocycles. The van der Waals surface area contributed by atoms with E-state index in [1.165, 1.54) is 25.6 Å². The van der Waals surface area contributed by atoms with Gasteiger partial charge in [0.05, 0.1) is 24.6 Å². The summed E-state index contributed by atoms with van der Waals surface area (Å²) >= 11 is 0. The van der Waals surface area contributed by atoms with Crippen molar-refractivity contribution in [1.29, 1.82) is 0 Å². The molecule has 0 atom stereocenters. The van der Waals surface area contributed by atoms with Gasteiger partial charge in [-0.15, -0.1) is 0 Å². The molecule has 8 nitrogen and oxygen atoms in total. The second-order valence-electron chi connectivity index (χ2n) is 3.90. The number of carbonyl (C=O) groups is 1. The molecule has 0 bridgehead atoms. The molecule has 0 aliphatic carbocycles. The Bertz CT molecular complexity index is 631. The molecule has 2 aromatic rings. The van der Waals surface area contributed by atoms with Crippen LogP contribution in [0.3, 0.4) is 0 Å². The van der Waals surface area contributed by atoms with Gasteiger partial charge in [-0.1, -0.05) is 0 Å². The molecule has 0 unspecified atom stereocenters. The summed E-state index contributed by atoms with van der Waals surface area (Å²) in [5, 5.41) is 2.58. The van der Waals surface area contributed by atoms with E-state index in [-0.39, 0.29) is 5.95 Å². The molecular weight excluding hydrogens is 260 g/mol. The van der Waals surface area contributed by atoms with Crippen molar-refractivity contribution >= 4 is 17.5 Å². The predicted octanol–water partition coefficient (Wildman–Crippen LogP) is 0.727. The third kappa shape index (κ3) is 2.98. The number of hydrogen-bond donors (Lipinski definition) is 3. The second-order valence-corrected chi connectivity index (χ2v) is 3.90. The summed E-state index contributed by atoms with van der Waals surface area (Å²) < 4.78 is 5.02. The lowest BCUT2D eigenvalue weighted by Gasteiger charge is -2.09. The number of carbonyl (C=O) groups excluding carboxylic acids is 1. The van der Waals surface area contributed by atoms with Crippen molar-refractivity contribution in [3.8, 4) is 5.88 Å². The van der Waals surface area contributed by atoms with E-state index in [1.807, 2.05) is 0 Å². The van der Waals surface area contributed by atoms with Crippen LogP contribution in [-0.2, 0) is 0 Å². The first-order valence-electron chi connectivity index (χ1n) is 5.75. The summed E-state index contributed by atoms with van der Waals surface area (Å²) in [6.07, 6.45) is 2.94. The first kappa shape index (κ1) is 13.7. The van der Waals surface area contributed by atoms with E-state index >= 15 is 0 Å². The number of aromatic nitrogens is 3. The van der Waals surface area contributed by atoms with Crippen LogP contribution in [0.2, 0.25) is 0 Å². The maximum absolute atomic E-state index is 12.1. The molecule has 104 valence electrons. The predicted molar refractivity (Wildman–Crippen MR) is 73.3 cm³/mol. The van der Waals surface area contributed by atoms with Crippen LogP contribution in [-0.4, -0.2) is 28.0 Å². The lowest BCUT2D eigenvalue weighted by Crippen LogP contribution is -2.19. The molecule has 0 saturated heterocycles. The van der Waals surface area contributed by atoms with Crippen molar-refractivity contribution in [3.05, 3.63) is 35.8 Å². The summed E-state index contributed by atoms with van der Waals surface area (Å²) in [7, 11) is 1.49. The molecule has 8 heteroatoms. The zero-order valence-electron chi connectivity index (χ0n) is 11.0. The van der Waals surface area contributed by atoms with E-state index in [2.05, 4.69) is 25.7 Å². The molecule has 0 aromatic carbocycles. The highest BCUT2D eigenvalue weighted by atomic mass is 16.5. The minimum atomic E-state index is -0.395. The van der Waals surface area contributed by atoms with Gasteiger partial charge >= 0.3 is 0 Å². The summed E-state index contributed by atoms with van der Waals surface area (Å²) in [6, 6.07) is 3.20. The smallest absolute Gasteiger partial charge is 0.260 e. The van der Waals surface area contributed by atoms with Gasteiger partial charge in [0.15, 0.2) is 0 Å². The maximum atomic E-state index is 12.1. The first-order valence-corrected chi connectivity index (χ1v) is 5.75. The van der Waals surface area contributed by atoms with Gasteiger partial charge in [-0.05, 0) is 13.0 Å². The molecule has 0 spiro atoms. The second kappa shape index (κ2) is 5.93. The number of nitrogens with one attached hydrogen (secondary N) is 2. The third-order valence-electron chi connectivity index (χ3n) is 2.49. The first-order chi connectivity index (χ1) is 9.63. The Labute approximate surface area is 115 Å². The van der Waals surface area contributed by atoms with E-state index in [0.717, 1.165) is 0 Å². The van der Waals surface area contributed by atoms with Gasteiger partial charge in [0.2, 0.25) is 11.8 Å². The number of aryl methyl sites for hydroxylation is 1. The molecule has 0 saturated carbocycles. The van der Waals surface area contributed by atoms with Gasteiger partial charge in [0.25, 0.3) is 5.91 Å². The molecule has 2 aromatic heterocycles. The quantitative estimate of drug-likeness (QED) is 0.556. The average molecular weight is 274 g/mol. The monoisotopic (exact) mass is 274 g/mol. The van der Waals surface area contributed by atoms with Gasteiger partial charge < -0.3 is 10.2 Å². The van der Waals surface area contributed by atoms with Crippen molar-refractivity contribution in [1.82, 2.24) is 15.0 Å². The van der Waals surface area contributed by atoms with Gasteiger partial charge in [-0.25, -0.2) is 4.98 Å². The van der Waals surface area contributed by atoms with Crippen LogP contribution >= 0.6 is 0 Å². The Balaban J connectivity index is 2.25. The van der Waals surface area contributed by atoms with Crippen LogP contribution in [0.1, 0.15) is 16.1 Å². The molecule has 0 fully saturated rings. The molecular formula is C12H14N6O2. The number of anilines is 2. The number of hydrogen-bond acceptors (Lipinski definition) is 7. The van der Waals surface area contributed by atoms with Crippen LogP contribution in [0.4, 0.5) is 11.6 Å². The zero-order chi connectivity index (χ0) is 14.5. The van der Waals surface area contributed by atoms with Crippen molar-refractivity contribution in [2.45, 2.75) is 6.92 Å². The zero-order valence-corrected chi connectivity index (χ0v) is 11.0. The molecule has 4 N–H and O–H groups in total. The fourth-order valence-corrected chi connectivity index (χ4v) is 1.58. The topological polar surface area (TPSA) is 115 Å². The molecule has 20 heavy (non-hydrogen) atoms. The summed E-state index contributed by atoms with van der Waals surface area (Å²) in [5.41, 5.74) is 3.83. The van der Waals surface area contributed by atoms with Crippen LogP contribution < -0.4 is 21.3 Å². The normalized spacial score (nSPS) is 9.95. The maximum Gasteiger partial charge on any atom is 0.260 e. The number of amides is 1. The van der Waals surface area contributed by atoms with E-state index in [4.69, 9.17) is 10.6 Å². The summed E-state index contributed by atoms with van der Waals surface area (Å²) in [4.78, 5) is 24.2. The van der Waals surface area contributed by atoms with Crippen molar-refractivity contribution in [2.24, 2.45) is 5.84 Å². The number of nitrogens with two attached hydrogens (primary N) is 1. The minimum absolute atomic E-state index is 0.159. The highest BCUT2D eigenvalue weighted by molar-refractivity contribution is 6.07. The Morgan fingerprint density at radius 3 is 2.90 bits per heavy atom. The Morgan fingerprint density at radius 1 is 1.40 bits per heavy atom. The number of nitrogens with zero attached hydrogens (tertiary/aromatic N) is 3. The molecule has 2 rings (SSSR count). The van der Waals surface area contributed by atoms with Gasteiger partial charge in [0, 0.05) is 18.0 Å². The lowest BCUT2D eigenvalue weighted by molar-refractivity contribution is 0.102. The standard InChI is InChI=1S/C12H14N6O2/c1-7-5-10(20-2)16-12(15-7)17-11(19)8-3-4-14-6-9(8)18-13/h3-6,18H,13H2,1-2H3,(H,15,16,17,19). The largest absolute Gasteiger partial charge is 0.481 e. The number of rotatable bonds is 4. The Kier molecular flexibility index (Phi) is 4.06. The van der Waals surface area contributed by atoms with Crippen LogP contribution in [0.25, 0.3) is 0 Å². The number of methoxy groups -OCH3 is 1. The molecule has 1 amide bonds. The van der Waals surface area contributed by atoms with Crippen LogP contribution in [0, 0.1) is 6.92 Å². The van der Waals surface area contributed by atoms with Crippen molar-refractivity contribution < 1.29 is 9.53 Å². The number of ether oxygens (including phenoxy) is 1. The van der Waals surface area contributed by atoms with Crippen LogP contribution in [0.15, 0.2) is 24.5 Å². The van der Waals surface area contributed by atoms with E-state index in [1.54, 1.807) is 13.0 Å². The summed E-state index contributed by atoms with van der Waals surface area (Å²) in [6.45, 7) is 1.78. The van der Waals surface area contributed by atoms with Crippen LogP contribution in [0.5, 0.6) is 5.88 Å². The highest BCUT2D eigenvalue weighted by Crippen LogP contribution is 2.15. The minimum Gasteiger partial charge on any atom is -0.481 e. The van der Waals surface area contributed by atoms with E-state index < -0.39 is 5.91 Å². The SMILES string of the molecule is COc1cc(C)nc(NC(=O)c2ccncc2NN)n1. The van der Waals surface area contributed by atoms with Gasteiger partial charge in [-0.3, -0.25) is 20.9 Å². The fraction of sp³-hybridized carbons (Fsp3) is 0.167. The van der Waals surface area contributed by atoms with Crippen molar-refractivity contribution in [2.75, 3.05) is 17.9 Å². The van der Waals surface area contributed by atoms with Crippen molar-refractivity contribution in [3.63, 3.8) is 0 Å². The molecule has 0 aliphatic rings. The van der Waals surface area contributed by atoms with E-state index in [9.17, 15) is 4.79 Å². The van der Waals surface area contributed by atoms with E-state index in [0.29, 0.717) is 22.8 Å². The number of hydrazine groups is 1. The highest BCUT2D eigenvalue weighted by Gasteiger charge is 2.13. The van der Waals surface area contributed by atoms with Gasteiger partial charge in [0.1, 0.15) is 0 Å². The average Bonchev–Trinajstić information content (AvgIpc) is 2.46. The lowest BCUT2D eigenvalue weighted by atomic mass is 10.2.